The van der Waals surface area contributed by atoms with Crippen molar-refractivity contribution in [1.29, 1.82) is 0 Å². The lowest BCUT2D eigenvalue weighted by molar-refractivity contribution is -0.218. The van der Waals surface area contributed by atoms with E-state index in [0.717, 1.165) is 11.3 Å². The van der Waals surface area contributed by atoms with E-state index in [4.69, 9.17) is 4.74 Å². The molecule has 0 aliphatic carbocycles. The Morgan fingerprint density at radius 1 is 1.32 bits per heavy atom. The molecule has 1 aliphatic heterocycles. The van der Waals surface area contributed by atoms with Crippen LogP contribution in [0.25, 0.3) is 0 Å². The monoisotopic (exact) mass is 256 g/mol. The largest absolute Gasteiger partial charge is 0.451 e. The van der Waals surface area contributed by atoms with E-state index in [1.807, 2.05) is 54.9 Å². The molecule has 1 saturated heterocycles. The number of hydrogen-bond acceptors (Lipinski definition) is 3. The van der Waals surface area contributed by atoms with Crippen LogP contribution >= 0.6 is 0 Å². The number of esters is 1. The summed E-state index contributed by atoms with van der Waals surface area (Å²) in [7, 11) is 0. The fraction of sp³-hybridized carbons (Fsp3) is 0.333. The van der Waals surface area contributed by atoms with Gasteiger partial charge in [0, 0.05) is 11.9 Å². The quantitative estimate of drug-likeness (QED) is 0.791. The van der Waals surface area contributed by atoms with Gasteiger partial charge in [0.05, 0.1) is 6.54 Å². The summed E-state index contributed by atoms with van der Waals surface area (Å²) in [5.74, 6) is -0.299. The molecule has 0 amide bonds. The van der Waals surface area contributed by atoms with Crippen molar-refractivity contribution in [2.45, 2.75) is 26.0 Å². The van der Waals surface area contributed by atoms with E-state index in [2.05, 4.69) is 5.10 Å². The average molecular weight is 256 g/mol. The lowest BCUT2D eigenvalue weighted by atomic mass is 9.77. The average Bonchev–Trinajstić information content (AvgIpc) is 2.84. The Balaban J connectivity index is 2.00. The topological polar surface area (TPSA) is 44.1 Å². The van der Waals surface area contributed by atoms with E-state index >= 15 is 0 Å². The van der Waals surface area contributed by atoms with Gasteiger partial charge < -0.3 is 4.74 Å². The highest BCUT2D eigenvalue weighted by Gasteiger charge is 2.55. The van der Waals surface area contributed by atoms with Gasteiger partial charge in [-0.2, -0.15) is 5.10 Å². The van der Waals surface area contributed by atoms with Crippen molar-refractivity contribution in [2.75, 3.05) is 0 Å². The number of carbonyl (C=O) groups is 1. The number of cyclic esters (lactones) is 1. The van der Waals surface area contributed by atoms with Gasteiger partial charge in [-0.15, -0.1) is 0 Å². The summed E-state index contributed by atoms with van der Waals surface area (Å²) in [6.07, 6.45) is 1.76. The molecule has 4 heteroatoms. The zero-order valence-electron chi connectivity index (χ0n) is 11.0. The van der Waals surface area contributed by atoms with Crippen LogP contribution in [0.1, 0.15) is 18.2 Å². The van der Waals surface area contributed by atoms with Gasteiger partial charge in [-0.25, -0.2) is 0 Å². The maximum atomic E-state index is 11.6. The SMILES string of the molecule is Cc1ccnn1C[C@@]1(c2ccccc2)OC(=O)[C@H]1C. The molecule has 2 atom stereocenters. The Morgan fingerprint density at radius 3 is 2.58 bits per heavy atom. The fourth-order valence-corrected chi connectivity index (χ4v) is 2.57. The normalized spacial score (nSPS) is 25.8. The predicted octanol–water partition coefficient (Wildman–Crippen LogP) is 2.28. The molecule has 19 heavy (non-hydrogen) atoms. The minimum Gasteiger partial charge on any atom is -0.451 e. The van der Waals surface area contributed by atoms with E-state index in [9.17, 15) is 4.79 Å². The highest BCUT2D eigenvalue weighted by molar-refractivity contribution is 5.80. The van der Waals surface area contributed by atoms with Crippen LogP contribution in [0.15, 0.2) is 42.6 Å². The summed E-state index contributed by atoms with van der Waals surface area (Å²) in [6.45, 7) is 4.47. The first-order valence-corrected chi connectivity index (χ1v) is 6.40. The van der Waals surface area contributed by atoms with Gasteiger partial charge in [0.2, 0.25) is 0 Å². The van der Waals surface area contributed by atoms with E-state index in [-0.39, 0.29) is 11.9 Å². The number of carbonyl (C=O) groups excluding carboxylic acids is 1. The van der Waals surface area contributed by atoms with Crippen molar-refractivity contribution >= 4 is 5.97 Å². The van der Waals surface area contributed by atoms with Crippen LogP contribution < -0.4 is 0 Å². The van der Waals surface area contributed by atoms with Crippen molar-refractivity contribution in [2.24, 2.45) is 5.92 Å². The van der Waals surface area contributed by atoms with Gasteiger partial charge in [-0.1, -0.05) is 30.3 Å². The molecule has 3 rings (SSSR count). The molecular formula is C15H16N2O2. The minimum atomic E-state index is -0.588. The predicted molar refractivity (Wildman–Crippen MR) is 70.3 cm³/mol. The minimum absolute atomic E-state index is 0.145. The first-order chi connectivity index (χ1) is 9.13. The number of aromatic nitrogens is 2. The number of benzene rings is 1. The van der Waals surface area contributed by atoms with Gasteiger partial charge in [0.25, 0.3) is 0 Å². The van der Waals surface area contributed by atoms with Crippen LogP contribution in [0.3, 0.4) is 0 Å². The zero-order chi connectivity index (χ0) is 13.5. The highest BCUT2D eigenvalue weighted by atomic mass is 16.6. The maximum Gasteiger partial charge on any atom is 0.314 e. The fourth-order valence-electron chi connectivity index (χ4n) is 2.57. The van der Waals surface area contributed by atoms with Gasteiger partial charge >= 0.3 is 5.97 Å². The van der Waals surface area contributed by atoms with Crippen molar-refractivity contribution in [3.63, 3.8) is 0 Å². The Kier molecular flexibility index (Phi) is 2.66. The number of aryl methyl sites for hydroxylation is 1. The lowest BCUT2D eigenvalue weighted by Gasteiger charge is -2.46. The first-order valence-electron chi connectivity index (χ1n) is 6.40. The maximum absolute atomic E-state index is 11.6. The zero-order valence-corrected chi connectivity index (χ0v) is 11.0. The van der Waals surface area contributed by atoms with Crippen LogP contribution in [0, 0.1) is 12.8 Å². The molecule has 0 unspecified atom stereocenters. The summed E-state index contributed by atoms with van der Waals surface area (Å²) in [4.78, 5) is 11.6. The molecule has 98 valence electrons. The number of rotatable bonds is 3. The Hall–Kier alpha value is -2.10. The molecule has 1 fully saturated rings. The molecule has 1 aliphatic rings. The summed E-state index contributed by atoms with van der Waals surface area (Å²) in [5, 5.41) is 4.29. The second-order valence-corrected chi connectivity index (χ2v) is 5.03. The van der Waals surface area contributed by atoms with Crippen LogP contribution in [0.4, 0.5) is 0 Å². The van der Waals surface area contributed by atoms with Crippen LogP contribution in [-0.2, 0) is 21.7 Å². The smallest absolute Gasteiger partial charge is 0.314 e. The molecular weight excluding hydrogens is 240 g/mol. The van der Waals surface area contributed by atoms with Crippen molar-refractivity contribution in [3.05, 3.63) is 53.9 Å². The molecule has 0 saturated carbocycles. The third kappa shape index (κ3) is 1.75. The Labute approximate surface area is 112 Å². The van der Waals surface area contributed by atoms with Crippen molar-refractivity contribution < 1.29 is 9.53 Å². The highest BCUT2D eigenvalue weighted by Crippen LogP contribution is 2.44. The van der Waals surface area contributed by atoms with E-state index in [1.54, 1.807) is 6.20 Å². The molecule has 4 nitrogen and oxygen atoms in total. The standard InChI is InChI=1S/C15H16N2O2/c1-11-8-9-16-17(11)10-15(12(2)14(18)19-15)13-6-4-3-5-7-13/h3-9,12H,10H2,1-2H3/t12-,15-/m1/s1. The Bertz CT molecular complexity index is 606. The number of nitrogens with zero attached hydrogens (tertiary/aromatic N) is 2. The molecule has 0 radical (unpaired) electrons. The van der Waals surface area contributed by atoms with E-state index in [1.165, 1.54) is 0 Å². The van der Waals surface area contributed by atoms with Crippen LogP contribution in [-0.4, -0.2) is 15.7 Å². The molecule has 1 aromatic heterocycles. The van der Waals surface area contributed by atoms with Crippen molar-refractivity contribution in [3.8, 4) is 0 Å². The summed E-state index contributed by atoms with van der Waals surface area (Å²) in [5.41, 5.74) is 1.50. The summed E-state index contributed by atoms with van der Waals surface area (Å²) >= 11 is 0. The Morgan fingerprint density at radius 2 is 2.05 bits per heavy atom. The molecule has 1 aromatic carbocycles. The first kappa shape index (κ1) is 12.0. The summed E-state index contributed by atoms with van der Waals surface area (Å²) < 4.78 is 7.44. The van der Waals surface area contributed by atoms with E-state index < -0.39 is 5.60 Å². The van der Waals surface area contributed by atoms with Crippen LogP contribution in [0.2, 0.25) is 0 Å². The molecule has 0 bridgehead atoms. The summed E-state index contributed by atoms with van der Waals surface area (Å²) in [6, 6.07) is 11.8. The van der Waals surface area contributed by atoms with Crippen molar-refractivity contribution in [1.82, 2.24) is 9.78 Å². The number of hydrogen-bond donors (Lipinski definition) is 0. The molecule has 0 spiro atoms. The van der Waals surface area contributed by atoms with E-state index in [0.29, 0.717) is 6.54 Å². The number of ether oxygens (including phenoxy) is 1. The van der Waals surface area contributed by atoms with Gasteiger partial charge in [0.15, 0.2) is 5.60 Å². The van der Waals surface area contributed by atoms with Gasteiger partial charge in [0.1, 0.15) is 5.92 Å². The van der Waals surface area contributed by atoms with Gasteiger partial charge in [-0.05, 0) is 25.5 Å². The second-order valence-electron chi connectivity index (χ2n) is 5.03. The van der Waals surface area contributed by atoms with Crippen LogP contribution in [0.5, 0.6) is 0 Å². The third-order valence-electron chi connectivity index (χ3n) is 3.91. The second kappa shape index (κ2) is 4.23. The molecule has 0 N–H and O–H groups in total. The third-order valence-corrected chi connectivity index (χ3v) is 3.91. The molecule has 2 heterocycles. The molecule has 2 aromatic rings. The van der Waals surface area contributed by atoms with Gasteiger partial charge in [-0.3, -0.25) is 9.48 Å². The lowest BCUT2D eigenvalue weighted by Crippen LogP contribution is -2.56.